The van der Waals surface area contributed by atoms with Crippen LogP contribution in [0.2, 0.25) is 0 Å². The predicted octanol–water partition coefficient (Wildman–Crippen LogP) is 12.8. The van der Waals surface area contributed by atoms with Crippen LogP contribution in [-0.2, 0) is 0 Å². The lowest BCUT2D eigenvalue weighted by Crippen LogP contribution is -2.37. The van der Waals surface area contributed by atoms with Gasteiger partial charge in [-0.1, -0.05) is 188 Å². The quantitative estimate of drug-likeness (QED) is 0.169. The highest BCUT2D eigenvalue weighted by Gasteiger charge is 2.42. The number of nitrogens with one attached hydrogen (secondary N) is 1. The van der Waals surface area contributed by atoms with Crippen LogP contribution in [0, 0.1) is 12.1 Å². The summed E-state index contributed by atoms with van der Waals surface area (Å²) in [6.07, 6.45) is 8.71. The zero-order chi connectivity index (χ0) is 37.3. The van der Waals surface area contributed by atoms with Crippen molar-refractivity contribution in [3.63, 3.8) is 0 Å². The molecule has 0 bridgehead atoms. The van der Waals surface area contributed by atoms with Crippen molar-refractivity contribution in [2.75, 3.05) is 4.90 Å². The van der Waals surface area contributed by atoms with E-state index in [-0.39, 0.29) is 6.04 Å². The Hall–Kier alpha value is -7.12. The number of hydrazine groups is 1. The van der Waals surface area contributed by atoms with Crippen LogP contribution in [0.5, 0.6) is 0 Å². The Balaban J connectivity index is 1.29. The van der Waals surface area contributed by atoms with Crippen molar-refractivity contribution in [3.05, 3.63) is 246 Å². The summed E-state index contributed by atoms with van der Waals surface area (Å²) in [6.45, 7) is 0. The van der Waals surface area contributed by atoms with Gasteiger partial charge >= 0.3 is 0 Å². The van der Waals surface area contributed by atoms with E-state index in [2.05, 4.69) is 222 Å². The third-order valence-electron chi connectivity index (χ3n) is 11.0. The van der Waals surface area contributed by atoms with Crippen molar-refractivity contribution >= 4 is 39.6 Å². The molecule has 0 saturated carbocycles. The molecule has 7 aromatic carbocycles. The second kappa shape index (κ2) is 14.6. The first kappa shape index (κ1) is 33.4. The Morgan fingerprint density at radius 1 is 0.536 bits per heavy atom. The van der Waals surface area contributed by atoms with Crippen molar-refractivity contribution in [1.82, 2.24) is 10.4 Å². The minimum Gasteiger partial charge on any atom is -0.300 e. The molecule has 1 atom stereocenters. The standard InChI is InChI=1S/C53H39N3/c1-6-20-38(21-7-1)39-34-36-44(37-35-39)55(48-33-19-18-30-45(48)40-22-8-2-9-23-40)53-47-32-17-16-31-46(47)52-49(41-24-10-3-11-25-41)50(42-26-12-4-13-27-42)54-56(52)51(53)43-28-14-5-15-29-43/h1-8,10-22,24-34,36,50,54H,9,23H2. The third-order valence-corrected chi connectivity index (χ3v) is 11.0. The zero-order valence-electron chi connectivity index (χ0n) is 30.9. The Bertz CT molecular complexity index is 2640. The molecule has 1 aliphatic carbocycles. The molecule has 0 fully saturated rings. The third kappa shape index (κ3) is 5.94. The lowest BCUT2D eigenvalue weighted by atomic mass is 9.86. The van der Waals surface area contributed by atoms with E-state index >= 15 is 0 Å². The maximum atomic E-state index is 4.08. The highest BCUT2D eigenvalue weighted by molar-refractivity contribution is 6.12. The van der Waals surface area contributed by atoms with Gasteiger partial charge in [0.1, 0.15) is 0 Å². The van der Waals surface area contributed by atoms with Gasteiger partial charge < -0.3 is 0 Å². The number of para-hydroxylation sites is 1. The van der Waals surface area contributed by atoms with Crippen molar-refractivity contribution in [1.29, 1.82) is 0 Å². The van der Waals surface area contributed by atoms with Gasteiger partial charge in [0, 0.05) is 33.4 Å². The molecule has 0 saturated heterocycles. The lowest BCUT2D eigenvalue weighted by molar-refractivity contribution is 0.403. The van der Waals surface area contributed by atoms with Gasteiger partial charge in [-0.2, -0.15) is 0 Å². The molecule has 2 heterocycles. The Labute approximate surface area is 329 Å². The van der Waals surface area contributed by atoms with E-state index in [0.717, 1.165) is 63.6 Å². The van der Waals surface area contributed by atoms with Crippen LogP contribution in [0.1, 0.15) is 52.3 Å². The van der Waals surface area contributed by atoms with Crippen LogP contribution < -0.4 is 10.3 Å². The highest BCUT2D eigenvalue weighted by atomic mass is 15.6. The fourth-order valence-electron chi connectivity index (χ4n) is 8.41. The Morgan fingerprint density at radius 3 is 1.80 bits per heavy atom. The first-order chi connectivity index (χ1) is 27.8. The number of fused-ring (bicyclic) bond motifs is 3. The number of benzene rings is 6. The van der Waals surface area contributed by atoms with E-state index in [1.165, 1.54) is 33.4 Å². The summed E-state index contributed by atoms with van der Waals surface area (Å²) >= 11 is 0. The molecule has 0 aromatic heterocycles. The number of hydrogen-bond donors (Lipinski definition) is 1. The maximum Gasteiger partial charge on any atom is 0.0975 e. The van der Waals surface area contributed by atoms with Crippen LogP contribution in [-0.4, -0.2) is 5.01 Å². The molecule has 3 nitrogen and oxygen atoms in total. The van der Waals surface area contributed by atoms with Crippen molar-refractivity contribution in [2.24, 2.45) is 0 Å². The molecule has 0 spiro atoms. The Morgan fingerprint density at radius 2 is 1.14 bits per heavy atom. The minimum absolute atomic E-state index is 0.0929. The van der Waals surface area contributed by atoms with Crippen LogP contribution in [0.3, 0.4) is 0 Å². The number of allylic oxidation sites excluding steroid dienone is 4. The summed E-state index contributed by atoms with van der Waals surface area (Å²) in [5.74, 6) is 0. The summed E-state index contributed by atoms with van der Waals surface area (Å²) in [7, 11) is 0. The fraction of sp³-hybridized carbons (Fsp3) is 0.0566. The molecule has 2 aliphatic heterocycles. The van der Waals surface area contributed by atoms with E-state index in [0.29, 0.717) is 0 Å². The van der Waals surface area contributed by atoms with E-state index in [1.54, 1.807) is 0 Å². The molecule has 3 aliphatic rings. The van der Waals surface area contributed by atoms with Crippen LogP contribution >= 0.6 is 0 Å². The molecule has 7 aromatic rings. The molecule has 1 N–H and O–H groups in total. The average Bonchev–Trinajstić information content (AvgIpc) is 3.69. The van der Waals surface area contributed by atoms with Crippen LogP contribution in [0.15, 0.2) is 200 Å². The van der Waals surface area contributed by atoms with Gasteiger partial charge in [-0.3, -0.25) is 9.91 Å². The first-order valence-corrected chi connectivity index (χ1v) is 19.4. The SMILES string of the molecule is c1c(-c2ccccc2)ccc(N(C2=C(c3ccccc3)N3NC(c4ccccc4)C(c4ccccc4)=C3c3ccccc32)c2ccccc2C2=CC=CCC2)c#1. The average molecular weight is 718 g/mol. The summed E-state index contributed by atoms with van der Waals surface area (Å²) in [6, 6.07) is 72.2. The normalized spacial score (nSPS) is 15.9. The summed E-state index contributed by atoms with van der Waals surface area (Å²) in [5.41, 5.74) is 21.1. The lowest BCUT2D eigenvalue weighted by Gasteiger charge is -2.40. The number of rotatable bonds is 8. The van der Waals surface area contributed by atoms with E-state index in [9.17, 15) is 0 Å². The van der Waals surface area contributed by atoms with Gasteiger partial charge in [0.05, 0.1) is 34.5 Å². The van der Waals surface area contributed by atoms with Gasteiger partial charge in [0.25, 0.3) is 0 Å². The summed E-state index contributed by atoms with van der Waals surface area (Å²) < 4.78 is 0. The number of anilines is 2. The monoisotopic (exact) mass is 717 g/mol. The molecule has 0 radical (unpaired) electrons. The molecule has 3 heteroatoms. The second-order valence-corrected chi connectivity index (χ2v) is 14.3. The molecular weight excluding hydrogens is 679 g/mol. The topological polar surface area (TPSA) is 18.5 Å². The van der Waals surface area contributed by atoms with E-state index in [1.807, 2.05) is 6.07 Å². The smallest absolute Gasteiger partial charge is 0.0975 e. The zero-order valence-corrected chi connectivity index (χ0v) is 30.9. The Kier molecular flexibility index (Phi) is 8.72. The van der Waals surface area contributed by atoms with Crippen molar-refractivity contribution in [2.45, 2.75) is 18.9 Å². The van der Waals surface area contributed by atoms with Gasteiger partial charge in [0.15, 0.2) is 0 Å². The summed E-state index contributed by atoms with van der Waals surface area (Å²) in [5, 5.41) is 2.37. The number of hydrogen-bond acceptors (Lipinski definition) is 3. The molecule has 266 valence electrons. The van der Waals surface area contributed by atoms with Crippen LogP contribution in [0.4, 0.5) is 11.4 Å². The van der Waals surface area contributed by atoms with Crippen molar-refractivity contribution < 1.29 is 0 Å². The molecular formula is C53H39N3. The van der Waals surface area contributed by atoms with E-state index in [4.69, 9.17) is 0 Å². The van der Waals surface area contributed by atoms with Gasteiger partial charge in [-0.05, 0) is 59.4 Å². The first-order valence-electron chi connectivity index (χ1n) is 19.4. The van der Waals surface area contributed by atoms with Crippen LogP contribution in [0.25, 0.3) is 39.4 Å². The minimum atomic E-state index is -0.0929. The molecule has 1 unspecified atom stereocenters. The fourth-order valence-corrected chi connectivity index (χ4v) is 8.41. The molecule has 0 amide bonds. The molecule has 56 heavy (non-hydrogen) atoms. The maximum absolute atomic E-state index is 4.08. The van der Waals surface area contributed by atoms with Gasteiger partial charge in [-0.25, -0.2) is 5.43 Å². The number of nitrogens with zero attached hydrogens (tertiary/aromatic N) is 2. The highest BCUT2D eigenvalue weighted by Crippen LogP contribution is 2.54. The van der Waals surface area contributed by atoms with E-state index < -0.39 is 0 Å². The second-order valence-electron chi connectivity index (χ2n) is 14.3. The van der Waals surface area contributed by atoms with Gasteiger partial charge in [-0.15, -0.1) is 0 Å². The van der Waals surface area contributed by atoms with Crippen molar-refractivity contribution in [3.8, 4) is 11.1 Å². The largest absolute Gasteiger partial charge is 0.300 e. The van der Waals surface area contributed by atoms with Gasteiger partial charge in [0.2, 0.25) is 0 Å². The summed E-state index contributed by atoms with van der Waals surface area (Å²) in [4.78, 5) is 2.43. The predicted molar refractivity (Wildman–Crippen MR) is 232 cm³/mol. The molecule has 10 rings (SSSR count).